The molecule has 4 aromatic rings. The number of methoxy groups -OCH3 is 1. The normalized spacial score (nSPS) is 11.8. The number of fused-ring (bicyclic) bond motifs is 1. The quantitative estimate of drug-likeness (QED) is 0.369. The summed E-state index contributed by atoms with van der Waals surface area (Å²) in [6, 6.07) is 20.7. The number of hydrogen-bond acceptors (Lipinski definition) is 5. The lowest BCUT2D eigenvalue weighted by molar-refractivity contribution is -0.118. The number of carbonyl (C=O) groups is 1. The first-order chi connectivity index (χ1) is 15.6. The molecule has 0 saturated carbocycles. The van der Waals surface area contributed by atoms with Gasteiger partial charge in [0, 0.05) is 11.3 Å². The smallest absolute Gasteiger partial charge is 0.262 e. The van der Waals surface area contributed by atoms with Crippen molar-refractivity contribution in [1.29, 1.82) is 0 Å². The predicted molar refractivity (Wildman–Crippen MR) is 125 cm³/mol. The first kappa shape index (κ1) is 21.4. The summed E-state index contributed by atoms with van der Waals surface area (Å²) in [6.45, 7) is 4.28. The van der Waals surface area contributed by atoms with E-state index in [2.05, 4.69) is 24.1 Å². The predicted octanol–water partition coefficient (Wildman–Crippen LogP) is 6.03. The summed E-state index contributed by atoms with van der Waals surface area (Å²) < 4.78 is 16.6. The van der Waals surface area contributed by atoms with Gasteiger partial charge < -0.3 is 19.2 Å². The van der Waals surface area contributed by atoms with Crippen LogP contribution >= 0.6 is 0 Å². The number of oxazole rings is 1. The molecular weight excluding hydrogens is 404 g/mol. The van der Waals surface area contributed by atoms with Gasteiger partial charge in [-0.1, -0.05) is 26.0 Å². The minimum Gasteiger partial charge on any atom is -0.497 e. The van der Waals surface area contributed by atoms with Gasteiger partial charge in [0.2, 0.25) is 5.89 Å². The van der Waals surface area contributed by atoms with Gasteiger partial charge in [0.1, 0.15) is 17.0 Å². The van der Waals surface area contributed by atoms with Crippen molar-refractivity contribution in [3.05, 3.63) is 72.3 Å². The number of hydrogen-bond donors (Lipinski definition) is 1. The molecule has 0 spiro atoms. The van der Waals surface area contributed by atoms with Crippen molar-refractivity contribution in [2.45, 2.75) is 26.2 Å². The Morgan fingerprint density at radius 1 is 1.03 bits per heavy atom. The SMILES string of the molecule is CC[C@H](C)c1ccc(OCC(=O)Nc2ccc3oc(-c4ccc(OC)cc4)nc3c2)cc1. The minimum absolute atomic E-state index is 0.0728. The number of anilines is 1. The molecule has 1 aromatic heterocycles. The standard InChI is InChI=1S/C26H26N2O4/c1-4-17(2)18-5-12-22(13-6-18)31-16-25(29)27-20-9-14-24-23(15-20)28-26(32-24)19-7-10-21(30-3)11-8-19/h5-15,17H,4,16H2,1-3H3,(H,27,29)/t17-/m0/s1. The zero-order chi connectivity index (χ0) is 22.5. The van der Waals surface area contributed by atoms with Gasteiger partial charge in [0.05, 0.1) is 7.11 Å². The Kier molecular flexibility index (Phi) is 6.40. The third-order valence-electron chi connectivity index (χ3n) is 5.44. The maximum Gasteiger partial charge on any atom is 0.262 e. The van der Waals surface area contributed by atoms with E-state index in [1.807, 2.05) is 48.5 Å². The molecule has 0 radical (unpaired) electrons. The monoisotopic (exact) mass is 430 g/mol. The Hall–Kier alpha value is -3.80. The molecule has 1 atom stereocenters. The summed E-state index contributed by atoms with van der Waals surface area (Å²) in [7, 11) is 1.62. The van der Waals surface area contributed by atoms with Crippen LogP contribution in [0.15, 0.2) is 71.1 Å². The molecular formula is C26H26N2O4. The van der Waals surface area contributed by atoms with Crippen LogP contribution in [0.4, 0.5) is 5.69 Å². The van der Waals surface area contributed by atoms with E-state index in [9.17, 15) is 4.79 Å². The van der Waals surface area contributed by atoms with Crippen molar-refractivity contribution in [2.24, 2.45) is 0 Å². The molecule has 0 aliphatic rings. The van der Waals surface area contributed by atoms with Crippen LogP contribution in [-0.2, 0) is 4.79 Å². The van der Waals surface area contributed by atoms with Crippen LogP contribution < -0.4 is 14.8 Å². The molecule has 4 rings (SSSR count). The molecule has 1 N–H and O–H groups in total. The molecule has 3 aromatic carbocycles. The Morgan fingerprint density at radius 3 is 2.44 bits per heavy atom. The fourth-order valence-corrected chi connectivity index (χ4v) is 3.34. The average molecular weight is 431 g/mol. The molecule has 0 unspecified atom stereocenters. The molecule has 0 fully saturated rings. The molecule has 0 saturated heterocycles. The molecule has 164 valence electrons. The first-order valence-corrected chi connectivity index (χ1v) is 10.6. The van der Waals surface area contributed by atoms with Crippen molar-refractivity contribution in [3.63, 3.8) is 0 Å². The van der Waals surface area contributed by atoms with Gasteiger partial charge in [-0.2, -0.15) is 0 Å². The number of nitrogens with one attached hydrogen (secondary N) is 1. The number of amides is 1. The van der Waals surface area contributed by atoms with Crippen LogP contribution in [0.2, 0.25) is 0 Å². The Balaban J connectivity index is 1.38. The van der Waals surface area contributed by atoms with Crippen molar-refractivity contribution < 1.29 is 18.7 Å². The maximum absolute atomic E-state index is 12.3. The molecule has 1 heterocycles. The topological polar surface area (TPSA) is 73.6 Å². The summed E-state index contributed by atoms with van der Waals surface area (Å²) in [5.41, 5.74) is 4.05. The number of nitrogens with zero attached hydrogens (tertiary/aromatic N) is 1. The summed E-state index contributed by atoms with van der Waals surface area (Å²) in [6.07, 6.45) is 1.08. The number of carbonyl (C=O) groups excluding carboxylic acids is 1. The summed E-state index contributed by atoms with van der Waals surface area (Å²) in [4.78, 5) is 16.9. The number of aromatic nitrogens is 1. The second kappa shape index (κ2) is 9.56. The zero-order valence-electron chi connectivity index (χ0n) is 18.4. The van der Waals surface area contributed by atoms with Gasteiger partial charge in [-0.25, -0.2) is 4.98 Å². The van der Waals surface area contributed by atoms with E-state index in [1.165, 1.54) is 5.56 Å². The van der Waals surface area contributed by atoms with E-state index in [1.54, 1.807) is 25.3 Å². The second-order valence-electron chi connectivity index (χ2n) is 7.65. The molecule has 0 aliphatic carbocycles. The molecule has 1 amide bonds. The zero-order valence-corrected chi connectivity index (χ0v) is 18.4. The van der Waals surface area contributed by atoms with Crippen LogP contribution in [0.5, 0.6) is 11.5 Å². The van der Waals surface area contributed by atoms with E-state index in [-0.39, 0.29) is 12.5 Å². The van der Waals surface area contributed by atoms with Crippen LogP contribution in [0.1, 0.15) is 31.7 Å². The van der Waals surface area contributed by atoms with Crippen molar-refractivity contribution in [3.8, 4) is 23.0 Å². The van der Waals surface area contributed by atoms with Crippen LogP contribution in [0, 0.1) is 0 Å². The van der Waals surface area contributed by atoms with Crippen LogP contribution in [0.25, 0.3) is 22.6 Å². The van der Waals surface area contributed by atoms with E-state index < -0.39 is 0 Å². The lowest BCUT2D eigenvalue weighted by Gasteiger charge is -2.11. The highest BCUT2D eigenvalue weighted by Crippen LogP contribution is 2.27. The number of ether oxygens (including phenoxy) is 2. The van der Waals surface area contributed by atoms with Gasteiger partial charge in [-0.15, -0.1) is 0 Å². The highest BCUT2D eigenvalue weighted by molar-refractivity contribution is 5.94. The third-order valence-corrected chi connectivity index (χ3v) is 5.44. The van der Waals surface area contributed by atoms with Crippen molar-refractivity contribution in [2.75, 3.05) is 19.0 Å². The van der Waals surface area contributed by atoms with E-state index in [0.29, 0.717) is 34.3 Å². The molecule has 6 heteroatoms. The average Bonchev–Trinajstić information content (AvgIpc) is 3.26. The minimum atomic E-state index is -0.241. The maximum atomic E-state index is 12.3. The lowest BCUT2D eigenvalue weighted by Crippen LogP contribution is -2.20. The fourth-order valence-electron chi connectivity index (χ4n) is 3.34. The summed E-state index contributed by atoms with van der Waals surface area (Å²) in [5, 5.41) is 2.85. The molecule has 0 aliphatic heterocycles. The van der Waals surface area contributed by atoms with E-state index in [4.69, 9.17) is 13.9 Å². The summed E-state index contributed by atoms with van der Waals surface area (Å²) >= 11 is 0. The molecule has 0 bridgehead atoms. The van der Waals surface area contributed by atoms with Crippen molar-refractivity contribution in [1.82, 2.24) is 4.98 Å². The largest absolute Gasteiger partial charge is 0.497 e. The van der Waals surface area contributed by atoms with E-state index in [0.717, 1.165) is 17.7 Å². The highest BCUT2D eigenvalue weighted by Gasteiger charge is 2.11. The Morgan fingerprint density at radius 2 is 1.75 bits per heavy atom. The molecule has 6 nitrogen and oxygen atoms in total. The molecule has 32 heavy (non-hydrogen) atoms. The Bertz CT molecular complexity index is 1200. The van der Waals surface area contributed by atoms with E-state index >= 15 is 0 Å². The summed E-state index contributed by atoms with van der Waals surface area (Å²) in [5.74, 6) is 2.21. The van der Waals surface area contributed by atoms with Gasteiger partial charge in [-0.3, -0.25) is 4.79 Å². The van der Waals surface area contributed by atoms with Crippen LogP contribution in [-0.4, -0.2) is 24.6 Å². The number of rotatable bonds is 8. The van der Waals surface area contributed by atoms with Gasteiger partial charge in [0.25, 0.3) is 5.91 Å². The second-order valence-corrected chi connectivity index (χ2v) is 7.65. The first-order valence-electron chi connectivity index (χ1n) is 10.6. The van der Waals surface area contributed by atoms with Gasteiger partial charge in [-0.05, 0) is 72.5 Å². The lowest BCUT2D eigenvalue weighted by atomic mass is 9.99. The number of benzene rings is 3. The van der Waals surface area contributed by atoms with Gasteiger partial charge >= 0.3 is 0 Å². The van der Waals surface area contributed by atoms with Gasteiger partial charge in [0.15, 0.2) is 12.2 Å². The van der Waals surface area contributed by atoms with Crippen LogP contribution in [0.3, 0.4) is 0 Å². The highest BCUT2D eigenvalue weighted by atomic mass is 16.5. The third kappa shape index (κ3) is 4.91. The van der Waals surface area contributed by atoms with Crippen molar-refractivity contribution >= 4 is 22.7 Å². The Labute approximate surface area is 187 Å². The fraction of sp³-hybridized carbons (Fsp3) is 0.231.